The number of carbonyl (C=O) groups excluding carboxylic acids is 4. The molecule has 0 aliphatic carbocycles. The average molecular weight is 796 g/mol. The van der Waals surface area contributed by atoms with Crippen LogP contribution in [-0.2, 0) is 9.59 Å². The number of hydrogen-bond acceptors (Lipinski definition) is 9. The summed E-state index contributed by atoms with van der Waals surface area (Å²) in [6.07, 6.45) is 5.52. The topological polar surface area (TPSA) is 132 Å². The zero-order valence-electron chi connectivity index (χ0n) is 33.7. The number of rotatable bonds is 13. The van der Waals surface area contributed by atoms with Gasteiger partial charge in [0.1, 0.15) is 24.1 Å². The minimum atomic E-state index is -0.969. The summed E-state index contributed by atoms with van der Waals surface area (Å²) in [6, 6.07) is 30.8. The number of imide groups is 2. The number of allylic oxidation sites excluding steroid dienone is 1. The number of anilines is 1. The number of fused-ring (bicyclic) bond motifs is 1. The van der Waals surface area contributed by atoms with Gasteiger partial charge in [0.25, 0.3) is 11.8 Å². The lowest BCUT2D eigenvalue weighted by Crippen LogP contribution is -2.54. The first-order valence-electron chi connectivity index (χ1n) is 21.1. The third-order valence-electron chi connectivity index (χ3n) is 12.3. The van der Waals surface area contributed by atoms with Gasteiger partial charge in [0, 0.05) is 37.8 Å². The Kier molecular flexibility index (Phi) is 12.2. The number of ether oxygens (including phenoxy) is 1. The number of benzene rings is 4. The van der Waals surface area contributed by atoms with E-state index in [9.17, 15) is 24.3 Å². The third-order valence-corrected chi connectivity index (χ3v) is 12.3. The highest BCUT2D eigenvalue weighted by Crippen LogP contribution is 2.36. The lowest BCUT2D eigenvalue weighted by atomic mass is 9.88. The van der Waals surface area contributed by atoms with Crippen LogP contribution in [0, 0.1) is 5.92 Å². The van der Waals surface area contributed by atoms with Crippen LogP contribution in [0.5, 0.6) is 11.5 Å². The first-order valence-corrected chi connectivity index (χ1v) is 21.1. The Bertz CT molecular complexity index is 2200. The molecule has 4 aromatic rings. The van der Waals surface area contributed by atoms with Crippen LogP contribution in [-0.4, -0.2) is 101 Å². The molecule has 11 nitrogen and oxygen atoms in total. The van der Waals surface area contributed by atoms with E-state index in [1.165, 1.54) is 11.1 Å². The molecule has 0 saturated carbocycles. The van der Waals surface area contributed by atoms with E-state index in [-0.39, 0.29) is 30.5 Å². The summed E-state index contributed by atoms with van der Waals surface area (Å²) in [4.78, 5) is 56.6. The molecule has 3 saturated heterocycles. The second kappa shape index (κ2) is 18.0. The number of likely N-dealkylation sites (tertiary alicyclic amines) is 2. The minimum Gasteiger partial charge on any atom is -0.508 e. The van der Waals surface area contributed by atoms with E-state index < -0.39 is 23.8 Å². The highest BCUT2D eigenvalue weighted by molar-refractivity contribution is 6.23. The lowest BCUT2D eigenvalue weighted by Gasteiger charge is -2.38. The van der Waals surface area contributed by atoms with Gasteiger partial charge >= 0.3 is 0 Å². The summed E-state index contributed by atoms with van der Waals surface area (Å²) in [7, 11) is 0. The van der Waals surface area contributed by atoms with Crippen molar-refractivity contribution < 1.29 is 29.0 Å². The Balaban J connectivity index is 0.796. The number of hydrogen-bond donors (Lipinski definition) is 3. The number of aromatic hydroxyl groups is 1. The van der Waals surface area contributed by atoms with E-state index in [1.54, 1.807) is 24.3 Å². The van der Waals surface area contributed by atoms with Gasteiger partial charge in [-0.25, -0.2) is 0 Å². The predicted octanol–water partition coefficient (Wildman–Crippen LogP) is 6.83. The summed E-state index contributed by atoms with van der Waals surface area (Å²) in [6.45, 7) is 8.86. The Morgan fingerprint density at radius 3 is 2.20 bits per heavy atom. The number of nitrogens with one attached hydrogen (secondary N) is 2. The summed E-state index contributed by atoms with van der Waals surface area (Å²) >= 11 is 0. The SMILES string of the molecule is CCC(=C(c1ccc(O)cc1)c1ccc(OCCN2CCC(CN3CCC[C@H](Nc4ccc5c(c4)C(=O)N(C4CCC(=O)NC4=O)C5=O)C3)CC2)cc1)c1ccccc1. The van der Waals surface area contributed by atoms with Gasteiger partial charge in [0.2, 0.25) is 11.8 Å². The molecule has 59 heavy (non-hydrogen) atoms. The van der Waals surface area contributed by atoms with Crippen LogP contribution >= 0.6 is 0 Å². The van der Waals surface area contributed by atoms with Crippen LogP contribution in [0.15, 0.2) is 97.1 Å². The molecule has 4 amide bonds. The fourth-order valence-electron chi connectivity index (χ4n) is 9.21. The predicted molar refractivity (Wildman–Crippen MR) is 228 cm³/mol. The summed E-state index contributed by atoms with van der Waals surface area (Å²) in [5.74, 6) is -0.216. The fourth-order valence-corrected chi connectivity index (χ4v) is 9.21. The monoisotopic (exact) mass is 795 g/mol. The molecule has 4 aliphatic heterocycles. The number of amides is 4. The smallest absolute Gasteiger partial charge is 0.262 e. The molecule has 4 aliphatic rings. The normalized spacial score (nSPS) is 20.9. The molecule has 0 bridgehead atoms. The highest BCUT2D eigenvalue weighted by atomic mass is 16.5. The van der Waals surface area contributed by atoms with Crippen molar-refractivity contribution in [1.82, 2.24) is 20.0 Å². The van der Waals surface area contributed by atoms with Gasteiger partial charge in [-0.1, -0.05) is 61.5 Å². The Morgan fingerprint density at radius 1 is 0.780 bits per heavy atom. The van der Waals surface area contributed by atoms with Crippen molar-refractivity contribution in [1.29, 1.82) is 0 Å². The summed E-state index contributed by atoms with van der Waals surface area (Å²) in [5.41, 5.74) is 7.15. The summed E-state index contributed by atoms with van der Waals surface area (Å²) < 4.78 is 6.25. The molecule has 8 rings (SSSR count). The fraction of sp³-hybridized carbons (Fsp3) is 0.375. The van der Waals surface area contributed by atoms with Crippen LogP contribution in [0.3, 0.4) is 0 Å². The largest absolute Gasteiger partial charge is 0.508 e. The Labute approximate surface area is 346 Å². The van der Waals surface area contributed by atoms with Crippen molar-refractivity contribution in [2.45, 2.75) is 64.0 Å². The number of phenols is 1. The maximum Gasteiger partial charge on any atom is 0.262 e. The Hall–Kier alpha value is -5.78. The first-order chi connectivity index (χ1) is 28.7. The first kappa shape index (κ1) is 40.0. The molecule has 3 N–H and O–H groups in total. The summed E-state index contributed by atoms with van der Waals surface area (Å²) in [5, 5.41) is 15.8. The van der Waals surface area contributed by atoms with Gasteiger partial charge in [0.05, 0.1) is 11.1 Å². The zero-order chi connectivity index (χ0) is 40.9. The molecule has 3 fully saturated rings. The molecule has 306 valence electrons. The van der Waals surface area contributed by atoms with Gasteiger partial charge in [-0.05, 0) is 134 Å². The highest BCUT2D eigenvalue weighted by Gasteiger charge is 2.44. The van der Waals surface area contributed by atoms with Gasteiger partial charge in [-0.2, -0.15) is 0 Å². The second-order valence-corrected chi connectivity index (χ2v) is 16.2. The van der Waals surface area contributed by atoms with Crippen LogP contribution in [0.2, 0.25) is 0 Å². The molecule has 4 aromatic carbocycles. The van der Waals surface area contributed by atoms with Crippen molar-refractivity contribution in [3.05, 3.63) is 125 Å². The van der Waals surface area contributed by atoms with Gasteiger partial charge in [0.15, 0.2) is 0 Å². The Morgan fingerprint density at radius 2 is 1.49 bits per heavy atom. The molecular weight excluding hydrogens is 743 g/mol. The van der Waals surface area contributed by atoms with E-state index in [4.69, 9.17) is 4.74 Å². The molecule has 0 radical (unpaired) electrons. The average Bonchev–Trinajstić information content (AvgIpc) is 3.49. The van der Waals surface area contributed by atoms with E-state index in [0.29, 0.717) is 23.7 Å². The maximum atomic E-state index is 13.3. The number of phenolic OH excluding ortho intramolecular Hbond substituents is 1. The second-order valence-electron chi connectivity index (χ2n) is 16.2. The van der Waals surface area contributed by atoms with Crippen LogP contribution in [0.25, 0.3) is 11.1 Å². The maximum absolute atomic E-state index is 13.3. The van der Waals surface area contributed by atoms with Crippen molar-refractivity contribution in [2.24, 2.45) is 5.92 Å². The third kappa shape index (κ3) is 9.11. The van der Waals surface area contributed by atoms with Crippen molar-refractivity contribution in [2.75, 3.05) is 51.2 Å². The van der Waals surface area contributed by atoms with Gasteiger partial charge in [-0.3, -0.25) is 34.3 Å². The molecule has 11 heteroatoms. The van der Waals surface area contributed by atoms with E-state index in [0.717, 1.165) is 104 Å². The molecular formula is C48H53N5O6. The molecule has 2 atom stereocenters. The van der Waals surface area contributed by atoms with Gasteiger partial charge < -0.3 is 20.1 Å². The standard InChI is InChI=1S/C48H53N5O6/c1-2-40(33-7-4-3-5-8-33)45(34-10-15-38(54)16-11-34)35-12-17-39(18-13-35)59-28-27-51-25-22-32(23-26-51)30-52-24-6-9-37(31-52)49-36-14-19-41-42(29-36)48(58)53(47(41)57)43-20-21-44(55)50-46(43)56/h3-5,7-8,10-19,29,32,37,43,49,54H,2,6,9,20-28,30-31H2,1H3,(H,50,55,56)/t37-,43?/m0/s1. The quantitative estimate of drug-likeness (QED) is 0.0985. The minimum absolute atomic E-state index is 0.0968. The van der Waals surface area contributed by atoms with Crippen LogP contribution < -0.4 is 15.4 Å². The number of nitrogens with zero attached hydrogens (tertiary/aromatic N) is 3. The molecule has 4 heterocycles. The zero-order valence-corrected chi connectivity index (χ0v) is 33.7. The van der Waals surface area contributed by atoms with Crippen LogP contribution in [0.4, 0.5) is 5.69 Å². The van der Waals surface area contributed by atoms with Crippen molar-refractivity contribution in [3.63, 3.8) is 0 Å². The van der Waals surface area contributed by atoms with Crippen molar-refractivity contribution >= 4 is 40.5 Å². The molecule has 1 unspecified atom stereocenters. The number of piperidine rings is 3. The van der Waals surface area contributed by atoms with Crippen LogP contribution in [0.1, 0.15) is 89.3 Å². The number of carbonyl (C=O) groups is 4. The van der Waals surface area contributed by atoms with Crippen molar-refractivity contribution in [3.8, 4) is 11.5 Å². The molecule has 0 spiro atoms. The lowest BCUT2D eigenvalue weighted by molar-refractivity contribution is -0.136. The molecule has 0 aromatic heterocycles. The van der Waals surface area contributed by atoms with E-state index in [1.807, 2.05) is 24.3 Å². The van der Waals surface area contributed by atoms with E-state index >= 15 is 0 Å². The van der Waals surface area contributed by atoms with Gasteiger partial charge in [-0.15, -0.1) is 0 Å². The van der Waals surface area contributed by atoms with E-state index in [2.05, 4.69) is 75.9 Å².